The Labute approximate surface area is 109 Å². The largest absolute Gasteiger partial charge is 0.481 e. The van der Waals surface area contributed by atoms with E-state index in [2.05, 4.69) is 5.32 Å². The lowest BCUT2D eigenvalue weighted by Crippen LogP contribution is -2.33. The molecule has 0 saturated carbocycles. The molecule has 0 heterocycles. The third-order valence-corrected chi connectivity index (χ3v) is 2.67. The lowest BCUT2D eigenvalue weighted by molar-refractivity contribution is -0.149. The van der Waals surface area contributed by atoms with Crippen LogP contribution in [0.5, 0.6) is 0 Å². The van der Waals surface area contributed by atoms with Crippen molar-refractivity contribution in [2.24, 2.45) is 5.41 Å². The van der Waals surface area contributed by atoms with Crippen LogP contribution in [0.3, 0.4) is 0 Å². The monoisotopic (exact) mass is 271 g/mol. The molecule has 0 aromatic heterocycles. The Hall–Kier alpha value is -1.98. The van der Waals surface area contributed by atoms with Gasteiger partial charge < -0.3 is 10.4 Å². The minimum Gasteiger partial charge on any atom is -0.481 e. The van der Waals surface area contributed by atoms with Gasteiger partial charge in [-0.3, -0.25) is 9.59 Å². The molecule has 1 amide bonds. The van der Waals surface area contributed by atoms with Gasteiger partial charge in [0.2, 0.25) is 5.91 Å². The first-order valence-electron chi connectivity index (χ1n) is 5.66. The van der Waals surface area contributed by atoms with Crippen LogP contribution in [0.4, 0.5) is 8.78 Å². The number of carbonyl (C=O) groups excluding carboxylic acids is 1. The van der Waals surface area contributed by atoms with Gasteiger partial charge in [-0.2, -0.15) is 0 Å². The van der Waals surface area contributed by atoms with Gasteiger partial charge in [-0.1, -0.05) is 6.07 Å². The zero-order valence-electron chi connectivity index (χ0n) is 10.7. The quantitative estimate of drug-likeness (QED) is 0.861. The summed E-state index contributed by atoms with van der Waals surface area (Å²) in [4.78, 5) is 22.4. The Morgan fingerprint density at radius 1 is 1.32 bits per heavy atom. The van der Waals surface area contributed by atoms with E-state index >= 15 is 0 Å². The average molecular weight is 271 g/mol. The number of carboxylic acid groups (broad SMARTS) is 1. The number of aliphatic carboxylic acids is 1. The molecule has 0 aliphatic rings. The molecule has 0 spiro atoms. The lowest BCUT2D eigenvalue weighted by atomic mass is 9.89. The molecule has 0 fully saturated rings. The van der Waals surface area contributed by atoms with Gasteiger partial charge in [0.25, 0.3) is 0 Å². The van der Waals surface area contributed by atoms with Gasteiger partial charge in [0, 0.05) is 24.6 Å². The SMILES string of the molecule is CC(C)(CC(=O)NCc1ccc(F)cc1F)C(=O)O. The molecule has 0 saturated heterocycles. The van der Waals surface area contributed by atoms with E-state index in [0.29, 0.717) is 0 Å². The second-order valence-electron chi connectivity index (χ2n) is 4.88. The standard InChI is InChI=1S/C13H15F2NO3/c1-13(2,12(18)19)6-11(17)16-7-8-3-4-9(14)5-10(8)15/h3-5H,6-7H2,1-2H3,(H,16,17)(H,18,19). The molecule has 6 heteroatoms. The molecule has 0 aliphatic heterocycles. The molecular formula is C13H15F2NO3. The van der Waals surface area contributed by atoms with Gasteiger partial charge >= 0.3 is 5.97 Å². The van der Waals surface area contributed by atoms with E-state index in [1.54, 1.807) is 0 Å². The molecule has 0 atom stereocenters. The van der Waals surface area contributed by atoms with E-state index in [1.807, 2.05) is 0 Å². The van der Waals surface area contributed by atoms with Gasteiger partial charge in [0.1, 0.15) is 11.6 Å². The number of nitrogens with one attached hydrogen (secondary N) is 1. The second-order valence-corrected chi connectivity index (χ2v) is 4.88. The van der Waals surface area contributed by atoms with E-state index in [0.717, 1.165) is 12.1 Å². The van der Waals surface area contributed by atoms with Crippen molar-refractivity contribution in [2.75, 3.05) is 0 Å². The summed E-state index contributed by atoms with van der Waals surface area (Å²) in [5.74, 6) is -3.04. The second kappa shape index (κ2) is 5.77. The summed E-state index contributed by atoms with van der Waals surface area (Å²) in [7, 11) is 0. The maximum absolute atomic E-state index is 13.3. The van der Waals surface area contributed by atoms with E-state index in [9.17, 15) is 18.4 Å². The third-order valence-electron chi connectivity index (χ3n) is 2.67. The van der Waals surface area contributed by atoms with Gasteiger partial charge in [0.05, 0.1) is 5.41 Å². The van der Waals surface area contributed by atoms with Crippen molar-refractivity contribution in [3.8, 4) is 0 Å². The number of carbonyl (C=O) groups is 2. The first-order chi connectivity index (χ1) is 8.72. The van der Waals surface area contributed by atoms with Crippen LogP contribution in [0, 0.1) is 17.0 Å². The number of amides is 1. The first-order valence-corrected chi connectivity index (χ1v) is 5.66. The highest BCUT2D eigenvalue weighted by atomic mass is 19.1. The summed E-state index contributed by atoms with van der Waals surface area (Å²) in [5.41, 5.74) is -1.05. The first kappa shape index (κ1) is 15.1. The summed E-state index contributed by atoms with van der Waals surface area (Å²) < 4.78 is 25.9. The lowest BCUT2D eigenvalue weighted by Gasteiger charge is -2.18. The molecule has 104 valence electrons. The smallest absolute Gasteiger partial charge is 0.309 e. The number of hydrogen-bond donors (Lipinski definition) is 2. The van der Waals surface area contributed by atoms with E-state index in [-0.39, 0.29) is 18.5 Å². The normalized spacial score (nSPS) is 11.2. The van der Waals surface area contributed by atoms with E-state index in [4.69, 9.17) is 5.11 Å². The third kappa shape index (κ3) is 4.31. The van der Waals surface area contributed by atoms with Crippen molar-refractivity contribution in [3.05, 3.63) is 35.4 Å². The molecule has 0 aliphatic carbocycles. The van der Waals surface area contributed by atoms with Crippen LogP contribution in [0.25, 0.3) is 0 Å². The highest BCUT2D eigenvalue weighted by Gasteiger charge is 2.29. The molecule has 19 heavy (non-hydrogen) atoms. The zero-order chi connectivity index (χ0) is 14.6. The fraction of sp³-hybridized carbons (Fsp3) is 0.385. The van der Waals surface area contributed by atoms with Crippen LogP contribution in [0.1, 0.15) is 25.8 Å². The van der Waals surface area contributed by atoms with E-state index in [1.165, 1.54) is 19.9 Å². The Morgan fingerprint density at radius 3 is 2.47 bits per heavy atom. The predicted molar refractivity (Wildman–Crippen MR) is 64.2 cm³/mol. The number of halogens is 2. The highest BCUT2D eigenvalue weighted by molar-refractivity contribution is 5.84. The van der Waals surface area contributed by atoms with Crippen molar-refractivity contribution in [1.82, 2.24) is 5.32 Å². The van der Waals surface area contributed by atoms with Crippen molar-refractivity contribution in [2.45, 2.75) is 26.8 Å². The summed E-state index contributed by atoms with van der Waals surface area (Å²) in [6, 6.07) is 3.04. The molecule has 0 unspecified atom stereocenters. The van der Waals surface area contributed by atoms with Crippen molar-refractivity contribution < 1.29 is 23.5 Å². The molecule has 1 rings (SSSR count). The van der Waals surface area contributed by atoms with Gasteiger partial charge in [0.15, 0.2) is 0 Å². The van der Waals surface area contributed by atoms with Gasteiger partial charge in [-0.05, 0) is 19.9 Å². The molecule has 1 aromatic carbocycles. The molecule has 2 N–H and O–H groups in total. The number of carboxylic acids is 1. The fourth-order valence-corrected chi connectivity index (χ4v) is 1.40. The highest BCUT2D eigenvalue weighted by Crippen LogP contribution is 2.20. The summed E-state index contributed by atoms with van der Waals surface area (Å²) in [5, 5.41) is 11.3. The number of benzene rings is 1. The molecular weight excluding hydrogens is 256 g/mol. The zero-order valence-corrected chi connectivity index (χ0v) is 10.7. The Balaban J connectivity index is 2.57. The Morgan fingerprint density at radius 2 is 1.95 bits per heavy atom. The Kier molecular flexibility index (Phi) is 4.58. The van der Waals surface area contributed by atoms with Crippen LogP contribution >= 0.6 is 0 Å². The van der Waals surface area contributed by atoms with Crippen LogP contribution in [0.2, 0.25) is 0 Å². The molecule has 4 nitrogen and oxygen atoms in total. The summed E-state index contributed by atoms with van der Waals surface area (Å²) in [6.07, 6.45) is -0.217. The van der Waals surface area contributed by atoms with E-state index < -0.39 is 28.9 Å². The Bertz CT molecular complexity index is 501. The average Bonchev–Trinajstić information content (AvgIpc) is 2.27. The van der Waals surface area contributed by atoms with Crippen LogP contribution in [0.15, 0.2) is 18.2 Å². The molecule has 0 radical (unpaired) electrons. The maximum atomic E-state index is 13.3. The summed E-state index contributed by atoms with van der Waals surface area (Å²) >= 11 is 0. The minimum absolute atomic E-state index is 0.110. The van der Waals surface area contributed by atoms with Crippen LogP contribution < -0.4 is 5.32 Å². The van der Waals surface area contributed by atoms with Gasteiger partial charge in [-0.25, -0.2) is 8.78 Å². The predicted octanol–water partition coefficient (Wildman–Crippen LogP) is 2.08. The van der Waals surface area contributed by atoms with Crippen molar-refractivity contribution in [1.29, 1.82) is 0 Å². The molecule has 0 bridgehead atoms. The van der Waals surface area contributed by atoms with Crippen LogP contribution in [-0.4, -0.2) is 17.0 Å². The van der Waals surface area contributed by atoms with Crippen molar-refractivity contribution in [3.63, 3.8) is 0 Å². The number of rotatable bonds is 5. The summed E-state index contributed by atoms with van der Waals surface area (Å²) in [6.45, 7) is 2.74. The van der Waals surface area contributed by atoms with Crippen LogP contribution in [-0.2, 0) is 16.1 Å². The minimum atomic E-state index is -1.19. The maximum Gasteiger partial charge on any atom is 0.309 e. The fourth-order valence-electron chi connectivity index (χ4n) is 1.40. The number of hydrogen-bond acceptors (Lipinski definition) is 2. The molecule has 1 aromatic rings. The topological polar surface area (TPSA) is 66.4 Å². The van der Waals surface area contributed by atoms with Crippen molar-refractivity contribution >= 4 is 11.9 Å². The van der Waals surface area contributed by atoms with Gasteiger partial charge in [-0.15, -0.1) is 0 Å².